The number of rotatable bonds is 4. The van der Waals surface area contributed by atoms with Crippen LogP contribution in [0.5, 0.6) is 0 Å². The first-order valence-corrected chi connectivity index (χ1v) is 8.34. The summed E-state index contributed by atoms with van der Waals surface area (Å²) in [6.07, 6.45) is 1.61. The van der Waals surface area contributed by atoms with Crippen LogP contribution in [0.1, 0.15) is 22.1 Å². The highest BCUT2D eigenvalue weighted by atomic mass is 79.9. The zero-order valence-electron chi connectivity index (χ0n) is 11.7. The summed E-state index contributed by atoms with van der Waals surface area (Å²) < 4.78 is 1.67. The molecule has 0 aliphatic heterocycles. The molecule has 116 valence electrons. The molecular weight excluding hydrogens is 380 g/mol. The highest BCUT2D eigenvalue weighted by Gasteiger charge is 2.23. The molecule has 0 bridgehead atoms. The summed E-state index contributed by atoms with van der Waals surface area (Å²) in [6, 6.07) is 9.26. The van der Waals surface area contributed by atoms with Gasteiger partial charge in [-0.05, 0) is 35.2 Å². The van der Waals surface area contributed by atoms with Crippen molar-refractivity contribution >= 4 is 49.2 Å². The van der Waals surface area contributed by atoms with Crippen LogP contribution in [0, 0.1) is 0 Å². The third kappa shape index (κ3) is 3.40. The number of fused-ring (bicyclic) bond motifs is 1. The third-order valence-corrected chi connectivity index (χ3v) is 4.65. The van der Waals surface area contributed by atoms with Crippen molar-refractivity contribution in [3.05, 3.63) is 63.7 Å². The van der Waals surface area contributed by atoms with Crippen molar-refractivity contribution in [1.82, 2.24) is 10.3 Å². The number of carbonyl (C=O) groups excluding carboxylic acids is 1. The molecule has 0 aliphatic rings. The Bertz CT molecular complexity index is 894. The number of hydrogen-bond donors (Lipinski definition) is 2. The van der Waals surface area contributed by atoms with Gasteiger partial charge in [-0.3, -0.25) is 9.78 Å². The van der Waals surface area contributed by atoms with E-state index in [4.69, 9.17) is 0 Å². The first-order valence-electron chi connectivity index (χ1n) is 6.67. The van der Waals surface area contributed by atoms with Crippen LogP contribution >= 0.6 is 27.3 Å². The summed E-state index contributed by atoms with van der Waals surface area (Å²) in [4.78, 5) is 27.9. The molecule has 1 amide bonds. The van der Waals surface area contributed by atoms with Crippen LogP contribution in [0.2, 0.25) is 0 Å². The van der Waals surface area contributed by atoms with Crippen molar-refractivity contribution in [2.75, 3.05) is 0 Å². The lowest BCUT2D eigenvalue weighted by molar-refractivity contribution is -0.139. The molecule has 3 rings (SSSR count). The van der Waals surface area contributed by atoms with E-state index in [2.05, 4.69) is 26.2 Å². The predicted octanol–water partition coefficient (Wildman–Crippen LogP) is 3.61. The molecule has 0 radical (unpaired) electrons. The van der Waals surface area contributed by atoms with Crippen molar-refractivity contribution in [2.24, 2.45) is 0 Å². The fourth-order valence-corrected chi connectivity index (χ4v) is 3.37. The SMILES string of the molecule is O=C(NC(C(=O)O)c1cccc(Br)c1)c1cc2sccc2cn1. The first-order chi connectivity index (χ1) is 11.0. The van der Waals surface area contributed by atoms with Gasteiger partial charge in [0.15, 0.2) is 6.04 Å². The smallest absolute Gasteiger partial charge is 0.330 e. The minimum absolute atomic E-state index is 0.196. The maximum absolute atomic E-state index is 12.3. The molecule has 2 heterocycles. The average molecular weight is 391 g/mol. The van der Waals surface area contributed by atoms with Crippen LogP contribution < -0.4 is 5.32 Å². The molecule has 2 aromatic heterocycles. The molecule has 7 heteroatoms. The number of pyridine rings is 1. The maximum atomic E-state index is 12.3. The van der Waals surface area contributed by atoms with E-state index < -0.39 is 17.9 Å². The second-order valence-electron chi connectivity index (χ2n) is 4.83. The Balaban J connectivity index is 1.87. The van der Waals surface area contributed by atoms with Gasteiger partial charge >= 0.3 is 5.97 Å². The quantitative estimate of drug-likeness (QED) is 0.712. The number of aromatic nitrogens is 1. The van der Waals surface area contributed by atoms with Crippen LogP contribution in [0.15, 0.2) is 52.4 Å². The van der Waals surface area contributed by atoms with Gasteiger partial charge in [0.2, 0.25) is 0 Å². The Morgan fingerprint density at radius 3 is 2.83 bits per heavy atom. The number of benzene rings is 1. The topological polar surface area (TPSA) is 79.3 Å². The van der Waals surface area contributed by atoms with Gasteiger partial charge in [-0.1, -0.05) is 28.1 Å². The molecule has 0 spiro atoms. The number of nitrogens with one attached hydrogen (secondary N) is 1. The van der Waals surface area contributed by atoms with E-state index in [0.717, 1.165) is 14.6 Å². The van der Waals surface area contributed by atoms with Crippen molar-refractivity contribution in [2.45, 2.75) is 6.04 Å². The van der Waals surface area contributed by atoms with Gasteiger partial charge in [-0.25, -0.2) is 4.79 Å². The van der Waals surface area contributed by atoms with Crippen LogP contribution in [-0.2, 0) is 4.79 Å². The molecule has 1 unspecified atom stereocenters. The number of hydrogen-bond acceptors (Lipinski definition) is 4. The van der Waals surface area contributed by atoms with Crippen LogP contribution in [0.3, 0.4) is 0 Å². The van der Waals surface area contributed by atoms with Gasteiger partial charge in [-0.15, -0.1) is 11.3 Å². The van der Waals surface area contributed by atoms with E-state index in [1.54, 1.807) is 36.5 Å². The van der Waals surface area contributed by atoms with E-state index in [0.29, 0.717) is 5.56 Å². The molecule has 1 aromatic carbocycles. The molecule has 1 atom stereocenters. The van der Waals surface area contributed by atoms with Gasteiger partial charge in [0.05, 0.1) is 0 Å². The molecule has 0 saturated carbocycles. The van der Waals surface area contributed by atoms with E-state index in [-0.39, 0.29) is 5.69 Å². The fourth-order valence-electron chi connectivity index (χ4n) is 2.16. The lowest BCUT2D eigenvalue weighted by Gasteiger charge is -2.15. The Hall–Kier alpha value is -2.25. The van der Waals surface area contributed by atoms with Crippen LogP contribution in [0.25, 0.3) is 10.1 Å². The van der Waals surface area contributed by atoms with E-state index in [1.165, 1.54) is 11.3 Å². The monoisotopic (exact) mass is 390 g/mol. The summed E-state index contributed by atoms with van der Waals surface area (Å²) >= 11 is 4.80. The first kappa shape index (κ1) is 15.6. The molecule has 23 heavy (non-hydrogen) atoms. The van der Waals surface area contributed by atoms with E-state index >= 15 is 0 Å². The zero-order valence-corrected chi connectivity index (χ0v) is 14.1. The largest absolute Gasteiger partial charge is 0.479 e. The van der Waals surface area contributed by atoms with Gasteiger partial charge in [0.25, 0.3) is 5.91 Å². The van der Waals surface area contributed by atoms with Gasteiger partial charge in [-0.2, -0.15) is 0 Å². The number of thiophene rings is 1. The van der Waals surface area contributed by atoms with Crippen molar-refractivity contribution in [1.29, 1.82) is 0 Å². The summed E-state index contributed by atoms with van der Waals surface area (Å²) in [5.41, 5.74) is 0.679. The van der Waals surface area contributed by atoms with Crippen LogP contribution in [0.4, 0.5) is 0 Å². The molecule has 3 aromatic rings. The number of nitrogens with zero attached hydrogens (tertiary/aromatic N) is 1. The number of carboxylic acids is 1. The third-order valence-electron chi connectivity index (χ3n) is 3.27. The summed E-state index contributed by atoms with van der Waals surface area (Å²) in [7, 11) is 0. The van der Waals surface area contributed by atoms with Crippen molar-refractivity contribution in [3.8, 4) is 0 Å². The number of amides is 1. The Kier molecular flexibility index (Phi) is 4.40. The molecule has 0 fully saturated rings. The lowest BCUT2D eigenvalue weighted by Crippen LogP contribution is -2.34. The predicted molar refractivity (Wildman–Crippen MR) is 91.6 cm³/mol. The minimum atomic E-state index is -1.14. The fraction of sp³-hybridized carbons (Fsp3) is 0.0625. The second-order valence-corrected chi connectivity index (χ2v) is 6.69. The molecular formula is C16H11BrN2O3S. The standard InChI is InChI=1S/C16H11BrN2O3S/c17-11-3-1-2-9(6-11)14(16(21)22)19-15(20)12-7-13-10(8-18-12)4-5-23-13/h1-8,14H,(H,19,20)(H,21,22). The van der Waals surface area contributed by atoms with Gasteiger partial charge in [0.1, 0.15) is 5.69 Å². The van der Waals surface area contributed by atoms with Crippen molar-refractivity contribution < 1.29 is 14.7 Å². The Morgan fingerprint density at radius 2 is 2.09 bits per heavy atom. The van der Waals surface area contributed by atoms with E-state index in [1.807, 2.05) is 11.4 Å². The number of aliphatic carboxylic acids is 1. The van der Waals surface area contributed by atoms with Crippen molar-refractivity contribution in [3.63, 3.8) is 0 Å². The molecule has 0 aliphatic carbocycles. The summed E-state index contributed by atoms with van der Waals surface area (Å²) in [5, 5.41) is 14.8. The molecule has 5 nitrogen and oxygen atoms in total. The minimum Gasteiger partial charge on any atom is -0.479 e. The Morgan fingerprint density at radius 1 is 1.26 bits per heavy atom. The number of halogens is 1. The van der Waals surface area contributed by atoms with E-state index in [9.17, 15) is 14.7 Å². The Labute approximate surface area is 144 Å². The zero-order chi connectivity index (χ0) is 16.4. The maximum Gasteiger partial charge on any atom is 0.330 e. The molecule has 0 saturated heterocycles. The number of carboxylic acid groups (broad SMARTS) is 1. The second kappa shape index (κ2) is 6.47. The van der Waals surface area contributed by atoms with Gasteiger partial charge < -0.3 is 10.4 Å². The highest BCUT2D eigenvalue weighted by Crippen LogP contribution is 2.22. The number of carbonyl (C=O) groups is 2. The highest BCUT2D eigenvalue weighted by molar-refractivity contribution is 9.10. The average Bonchev–Trinajstić information content (AvgIpc) is 2.99. The lowest BCUT2D eigenvalue weighted by atomic mass is 10.1. The van der Waals surface area contributed by atoms with Crippen LogP contribution in [-0.4, -0.2) is 22.0 Å². The summed E-state index contributed by atoms with van der Waals surface area (Å²) in [6.45, 7) is 0. The van der Waals surface area contributed by atoms with Gasteiger partial charge in [0, 0.05) is 20.8 Å². The normalized spacial score (nSPS) is 12.0. The molecule has 2 N–H and O–H groups in total. The summed E-state index contributed by atoms with van der Waals surface area (Å²) in [5.74, 6) is -1.65.